The van der Waals surface area contributed by atoms with Gasteiger partial charge in [-0.2, -0.15) is 10.2 Å². The van der Waals surface area contributed by atoms with Crippen molar-refractivity contribution in [1.82, 2.24) is 0 Å². The molecule has 0 radical (unpaired) electrons. The van der Waals surface area contributed by atoms with Gasteiger partial charge in [-0.15, -0.1) is 0 Å². The molecule has 0 aliphatic rings. The summed E-state index contributed by atoms with van der Waals surface area (Å²) in [6.07, 6.45) is 9.02. The third-order valence-corrected chi connectivity index (χ3v) is 6.29. The van der Waals surface area contributed by atoms with Crippen LogP contribution in [0, 0.1) is 0 Å². The van der Waals surface area contributed by atoms with Gasteiger partial charge in [-0.05, 0) is 92.6 Å². The fourth-order valence-electron chi connectivity index (χ4n) is 4.00. The number of azo groups is 1. The molecule has 0 saturated carbocycles. The summed E-state index contributed by atoms with van der Waals surface area (Å²) in [5, 5.41) is 8.51. The molecule has 0 bridgehead atoms. The maximum Gasteiger partial charge on any atom is 0.343 e. The first-order valence-electron chi connectivity index (χ1n) is 14.3. The van der Waals surface area contributed by atoms with Gasteiger partial charge in [0.2, 0.25) is 0 Å². The third-order valence-electron chi connectivity index (χ3n) is 6.29. The summed E-state index contributed by atoms with van der Waals surface area (Å²) in [4.78, 5) is 24.8. The number of hydrogen-bond donors (Lipinski definition) is 0. The second-order valence-corrected chi connectivity index (χ2v) is 9.78. The Balaban J connectivity index is 1.44. The molecule has 0 aliphatic heterocycles. The lowest BCUT2D eigenvalue weighted by molar-refractivity contribution is 0.0323. The third kappa shape index (κ3) is 10.6. The van der Waals surface area contributed by atoms with Crippen molar-refractivity contribution in [3.63, 3.8) is 0 Å². The number of rotatable bonds is 16. The van der Waals surface area contributed by atoms with E-state index in [9.17, 15) is 9.59 Å². The van der Waals surface area contributed by atoms with Crippen molar-refractivity contribution < 1.29 is 23.8 Å². The molecule has 0 N–H and O–H groups in total. The molecule has 0 saturated heterocycles. The Morgan fingerprint density at radius 1 is 0.650 bits per heavy atom. The quantitative estimate of drug-likeness (QED) is 0.0776. The second kappa shape index (κ2) is 16.9. The minimum Gasteiger partial charge on any atom is -0.494 e. The van der Waals surface area contributed by atoms with Crippen LogP contribution < -0.4 is 9.47 Å². The van der Waals surface area contributed by atoms with E-state index in [0.717, 1.165) is 31.6 Å². The predicted octanol–water partition coefficient (Wildman–Crippen LogP) is 9.41. The molecule has 3 aromatic carbocycles. The predicted molar refractivity (Wildman–Crippen MR) is 157 cm³/mol. The number of ether oxygens (including phenoxy) is 3. The van der Waals surface area contributed by atoms with Crippen LogP contribution in [0.5, 0.6) is 11.5 Å². The Bertz CT molecular complexity index is 1210. The van der Waals surface area contributed by atoms with Crippen molar-refractivity contribution >= 4 is 23.3 Å². The van der Waals surface area contributed by atoms with Crippen molar-refractivity contribution in [2.45, 2.75) is 78.2 Å². The molecule has 3 rings (SSSR count). The second-order valence-electron chi connectivity index (χ2n) is 9.78. The maximum atomic E-state index is 12.5. The summed E-state index contributed by atoms with van der Waals surface area (Å²) in [6.45, 7) is 6.86. The molecule has 0 spiro atoms. The van der Waals surface area contributed by atoms with Crippen molar-refractivity contribution in [2.75, 3.05) is 6.61 Å². The number of carbonyl (C=O) groups excluding carboxylic acids is 2. The fourth-order valence-corrected chi connectivity index (χ4v) is 4.00. The fraction of sp³-hybridized carbons (Fsp3) is 0.394. The number of benzene rings is 3. The molecule has 1 atom stereocenters. The molecule has 0 aliphatic carbocycles. The van der Waals surface area contributed by atoms with Crippen molar-refractivity contribution in [1.29, 1.82) is 0 Å². The van der Waals surface area contributed by atoms with Gasteiger partial charge >= 0.3 is 11.9 Å². The standard InChI is InChI=1S/C33H40N2O5/c1-4-6-7-8-9-10-24-38-30-22-18-29(19-23-30)35-34-28-16-12-26(13-17-28)33(37)40-31-20-14-27(15-21-31)32(36)39-25(3)11-5-2/h12-23,25H,4-11,24H2,1-3H3/t25-/m0/s1. The van der Waals surface area contributed by atoms with Crippen LogP contribution in [0.25, 0.3) is 0 Å². The van der Waals surface area contributed by atoms with Gasteiger partial charge in [0.05, 0.1) is 35.2 Å². The lowest BCUT2D eigenvalue weighted by atomic mass is 10.1. The summed E-state index contributed by atoms with van der Waals surface area (Å²) < 4.78 is 16.6. The van der Waals surface area contributed by atoms with Crippen molar-refractivity contribution in [3.05, 3.63) is 83.9 Å². The summed E-state index contributed by atoms with van der Waals surface area (Å²) in [7, 11) is 0. The molecule has 0 amide bonds. The van der Waals surface area contributed by atoms with Crippen LogP contribution in [0.4, 0.5) is 11.4 Å². The van der Waals surface area contributed by atoms with E-state index in [-0.39, 0.29) is 6.10 Å². The SMILES string of the molecule is CCCCCCCCOc1ccc(N=Nc2ccc(C(=O)Oc3ccc(C(=O)O[C@@H](C)CCC)cc3)cc2)cc1. The first-order valence-corrected chi connectivity index (χ1v) is 14.3. The van der Waals surface area contributed by atoms with Gasteiger partial charge in [0.25, 0.3) is 0 Å². The van der Waals surface area contributed by atoms with Gasteiger partial charge in [0.15, 0.2) is 0 Å². The highest BCUT2D eigenvalue weighted by Crippen LogP contribution is 2.23. The highest BCUT2D eigenvalue weighted by molar-refractivity contribution is 5.92. The number of unbranched alkanes of at least 4 members (excludes halogenated alkanes) is 5. The summed E-state index contributed by atoms with van der Waals surface area (Å²) in [5.41, 5.74) is 2.11. The molecular formula is C33H40N2O5. The van der Waals surface area contributed by atoms with Crippen LogP contribution in [-0.2, 0) is 4.74 Å². The Kier molecular flexibility index (Phi) is 12.9. The van der Waals surface area contributed by atoms with Crippen LogP contribution in [-0.4, -0.2) is 24.6 Å². The van der Waals surface area contributed by atoms with E-state index in [1.54, 1.807) is 48.5 Å². The van der Waals surface area contributed by atoms with E-state index < -0.39 is 11.9 Å². The van der Waals surface area contributed by atoms with E-state index >= 15 is 0 Å². The Labute approximate surface area is 237 Å². The van der Waals surface area contributed by atoms with Crippen LogP contribution in [0.2, 0.25) is 0 Å². The number of carbonyl (C=O) groups is 2. The van der Waals surface area contributed by atoms with Crippen LogP contribution in [0.1, 0.15) is 92.9 Å². The maximum absolute atomic E-state index is 12.5. The molecule has 7 nitrogen and oxygen atoms in total. The van der Waals surface area contributed by atoms with Gasteiger partial charge in [0.1, 0.15) is 11.5 Å². The highest BCUT2D eigenvalue weighted by atomic mass is 16.5. The van der Waals surface area contributed by atoms with E-state index in [2.05, 4.69) is 17.2 Å². The zero-order valence-electron chi connectivity index (χ0n) is 23.8. The average Bonchev–Trinajstić information content (AvgIpc) is 2.97. The largest absolute Gasteiger partial charge is 0.494 e. The van der Waals surface area contributed by atoms with Gasteiger partial charge in [-0.1, -0.05) is 52.4 Å². The molecule has 212 valence electrons. The van der Waals surface area contributed by atoms with Gasteiger partial charge < -0.3 is 14.2 Å². The Morgan fingerprint density at radius 3 is 1.80 bits per heavy atom. The lowest BCUT2D eigenvalue weighted by Crippen LogP contribution is -2.14. The topological polar surface area (TPSA) is 86.5 Å². The van der Waals surface area contributed by atoms with Crippen molar-refractivity contribution in [2.24, 2.45) is 10.2 Å². The first kappa shape index (κ1) is 30.5. The minimum atomic E-state index is -0.507. The molecule has 0 aromatic heterocycles. The highest BCUT2D eigenvalue weighted by Gasteiger charge is 2.13. The van der Waals surface area contributed by atoms with Gasteiger partial charge in [0, 0.05) is 0 Å². The lowest BCUT2D eigenvalue weighted by Gasteiger charge is -2.12. The molecule has 40 heavy (non-hydrogen) atoms. The zero-order valence-corrected chi connectivity index (χ0v) is 23.8. The molecule has 0 unspecified atom stereocenters. The molecule has 0 heterocycles. The van der Waals surface area contributed by atoms with Crippen molar-refractivity contribution in [3.8, 4) is 11.5 Å². The molecule has 7 heteroatoms. The summed E-state index contributed by atoms with van der Waals surface area (Å²) >= 11 is 0. The van der Waals surface area contributed by atoms with Crippen LogP contribution in [0.3, 0.4) is 0 Å². The number of nitrogens with zero attached hydrogens (tertiary/aromatic N) is 2. The molecular weight excluding hydrogens is 504 g/mol. The monoisotopic (exact) mass is 544 g/mol. The average molecular weight is 545 g/mol. The van der Waals surface area contributed by atoms with Gasteiger partial charge in [-0.25, -0.2) is 9.59 Å². The van der Waals surface area contributed by atoms with E-state index in [4.69, 9.17) is 14.2 Å². The van der Waals surface area contributed by atoms with E-state index in [1.807, 2.05) is 38.1 Å². The van der Waals surface area contributed by atoms with Gasteiger partial charge in [-0.3, -0.25) is 0 Å². The number of hydrogen-bond acceptors (Lipinski definition) is 7. The van der Waals surface area contributed by atoms with Crippen LogP contribution >= 0.6 is 0 Å². The normalized spacial score (nSPS) is 11.8. The van der Waals surface area contributed by atoms with Crippen LogP contribution in [0.15, 0.2) is 83.0 Å². The number of esters is 2. The minimum absolute atomic E-state index is 0.141. The molecule has 0 fully saturated rings. The summed E-state index contributed by atoms with van der Waals surface area (Å²) in [5.74, 6) is 0.265. The van der Waals surface area contributed by atoms with E-state index in [0.29, 0.717) is 28.3 Å². The molecule has 3 aromatic rings. The Hall–Kier alpha value is -4.00. The zero-order chi connectivity index (χ0) is 28.6. The first-order chi connectivity index (χ1) is 19.5. The Morgan fingerprint density at radius 2 is 1.18 bits per heavy atom. The van der Waals surface area contributed by atoms with E-state index in [1.165, 1.54) is 32.1 Å². The smallest absolute Gasteiger partial charge is 0.343 e. The summed E-state index contributed by atoms with van der Waals surface area (Å²) in [6, 6.07) is 20.5.